The molecule has 5 atom stereocenters. The van der Waals surface area contributed by atoms with Crippen molar-refractivity contribution in [2.24, 2.45) is 11.8 Å². The lowest BCUT2D eigenvalue weighted by atomic mass is 9.78. The van der Waals surface area contributed by atoms with Crippen LogP contribution in [0, 0.1) is 11.8 Å². The summed E-state index contributed by atoms with van der Waals surface area (Å²) >= 11 is 0. The van der Waals surface area contributed by atoms with Gasteiger partial charge in [0, 0.05) is 18.4 Å². The summed E-state index contributed by atoms with van der Waals surface area (Å²) in [6, 6.07) is 0. The SMILES string of the molecule is C=C1C(=O)O[C@H]2/C=C(\C)CCC(=O)[C@@](C)(O)[C@@H](O)[C@@H](OC(=O)CC(C)C)[C@H]12. The molecular weight excluding hydrogens is 352 g/mol. The maximum atomic E-state index is 12.5. The van der Waals surface area contributed by atoms with Crippen molar-refractivity contribution in [2.75, 3.05) is 0 Å². The second-order valence-electron chi connectivity index (χ2n) is 8.00. The molecule has 2 N–H and O–H groups in total. The van der Waals surface area contributed by atoms with Crippen LogP contribution in [0.3, 0.4) is 0 Å². The number of rotatable bonds is 3. The van der Waals surface area contributed by atoms with E-state index in [1.165, 1.54) is 6.92 Å². The second kappa shape index (κ2) is 7.94. The number of hydrogen-bond donors (Lipinski definition) is 2. The van der Waals surface area contributed by atoms with Gasteiger partial charge in [-0.05, 0) is 32.3 Å². The van der Waals surface area contributed by atoms with Gasteiger partial charge in [0.25, 0.3) is 0 Å². The molecule has 0 amide bonds. The second-order valence-corrected chi connectivity index (χ2v) is 8.00. The largest absolute Gasteiger partial charge is 0.459 e. The highest BCUT2D eigenvalue weighted by Crippen LogP contribution is 2.38. The van der Waals surface area contributed by atoms with E-state index in [1.54, 1.807) is 13.0 Å². The Bertz CT molecular complexity index is 674. The zero-order valence-corrected chi connectivity index (χ0v) is 16.2. The molecule has 1 aliphatic heterocycles. The van der Waals surface area contributed by atoms with E-state index in [4.69, 9.17) is 9.47 Å². The van der Waals surface area contributed by atoms with Crippen LogP contribution in [0.15, 0.2) is 23.8 Å². The van der Waals surface area contributed by atoms with Crippen LogP contribution < -0.4 is 0 Å². The highest BCUT2D eigenvalue weighted by Gasteiger charge is 2.53. The lowest BCUT2D eigenvalue weighted by molar-refractivity contribution is -0.182. The molecule has 0 spiro atoms. The zero-order chi connectivity index (χ0) is 20.5. The third kappa shape index (κ3) is 4.47. The van der Waals surface area contributed by atoms with Crippen LogP contribution in [-0.2, 0) is 23.9 Å². The number of ketones is 1. The van der Waals surface area contributed by atoms with Crippen molar-refractivity contribution in [3.05, 3.63) is 23.8 Å². The molecule has 7 nitrogen and oxygen atoms in total. The summed E-state index contributed by atoms with van der Waals surface area (Å²) in [4.78, 5) is 36.8. The maximum absolute atomic E-state index is 12.5. The zero-order valence-electron chi connectivity index (χ0n) is 16.2. The van der Waals surface area contributed by atoms with Crippen LogP contribution in [0.2, 0.25) is 0 Å². The Labute approximate surface area is 159 Å². The molecule has 0 aromatic rings. The maximum Gasteiger partial charge on any atom is 0.334 e. The smallest absolute Gasteiger partial charge is 0.334 e. The standard InChI is InChI=1S/C20H28O7/c1-10(2)8-15(22)27-17-16-12(4)19(24)26-13(16)9-11(3)6-7-14(21)20(5,25)18(17)23/h9-10,13,16-18,23,25H,4,6-8H2,1-3,5H3/b11-9+/t13-,16+,17-,18-,20+/m0/s1. The van der Waals surface area contributed by atoms with E-state index in [0.29, 0.717) is 6.42 Å². The van der Waals surface area contributed by atoms with E-state index >= 15 is 0 Å². The molecule has 1 saturated heterocycles. The van der Waals surface area contributed by atoms with Gasteiger partial charge in [-0.3, -0.25) is 9.59 Å². The molecule has 1 aliphatic carbocycles. The highest BCUT2D eigenvalue weighted by atomic mass is 16.6. The fourth-order valence-electron chi connectivity index (χ4n) is 3.41. The molecule has 0 saturated carbocycles. The number of fused-ring (bicyclic) bond motifs is 1. The fraction of sp³-hybridized carbons (Fsp3) is 0.650. The van der Waals surface area contributed by atoms with Gasteiger partial charge in [-0.15, -0.1) is 0 Å². The minimum Gasteiger partial charge on any atom is -0.459 e. The van der Waals surface area contributed by atoms with Crippen LogP contribution >= 0.6 is 0 Å². The first kappa shape index (κ1) is 21.3. The molecule has 2 aliphatic rings. The third-order valence-electron chi connectivity index (χ3n) is 5.10. The van der Waals surface area contributed by atoms with Crippen LogP contribution in [0.1, 0.15) is 47.0 Å². The Balaban J connectivity index is 2.50. The number of carbonyl (C=O) groups is 3. The fourth-order valence-corrected chi connectivity index (χ4v) is 3.41. The van der Waals surface area contributed by atoms with Gasteiger partial charge in [0.15, 0.2) is 5.78 Å². The quantitative estimate of drug-likeness (QED) is 0.433. The minimum absolute atomic E-state index is 0.00529. The van der Waals surface area contributed by atoms with Crippen LogP contribution in [-0.4, -0.2) is 51.8 Å². The van der Waals surface area contributed by atoms with Gasteiger partial charge >= 0.3 is 11.9 Å². The number of allylic oxidation sites excluding steroid dienone is 1. The first-order chi connectivity index (χ1) is 12.4. The number of Topliss-reactive ketones (excluding diaryl/α,β-unsaturated/α-hetero) is 1. The van der Waals surface area contributed by atoms with Gasteiger partial charge in [-0.1, -0.05) is 26.0 Å². The van der Waals surface area contributed by atoms with Crippen molar-refractivity contribution >= 4 is 17.7 Å². The van der Waals surface area contributed by atoms with Crippen molar-refractivity contribution in [1.29, 1.82) is 0 Å². The van der Waals surface area contributed by atoms with Crippen molar-refractivity contribution in [2.45, 2.75) is 70.9 Å². The van der Waals surface area contributed by atoms with Crippen molar-refractivity contribution < 1.29 is 34.1 Å². The van der Waals surface area contributed by atoms with E-state index in [9.17, 15) is 24.6 Å². The molecule has 27 heavy (non-hydrogen) atoms. The monoisotopic (exact) mass is 380 g/mol. The summed E-state index contributed by atoms with van der Waals surface area (Å²) < 4.78 is 10.8. The molecule has 1 fully saturated rings. The Hall–Kier alpha value is -1.99. The Morgan fingerprint density at radius 3 is 2.63 bits per heavy atom. The lowest BCUT2D eigenvalue weighted by Crippen LogP contribution is -2.57. The molecular formula is C20H28O7. The average Bonchev–Trinajstić information content (AvgIpc) is 2.82. The van der Waals surface area contributed by atoms with Gasteiger partial charge in [0.05, 0.1) is 5.92 Å². The topological polar surface area (TPSA) is 110 Å². The van der Waals surface area contributed by atoms with Gasteiger partial charge in [0.1, 0.15) is 23.9 Å². The molecule has 150 valence electrons. The Morgan fingerprint density at radius 1 is 1.41 bits per heavy atom. The normalized spacial score (nSPS) is 36.7. The number of aliphatic hydroxyl groups is 2. The molecule has 7 heteroatoms. The van der Waals surface area contributed by atoms with Gasteiger partial charge in [-0.2, -0.15) is 0 Å². The Morgan fingerprint density at radius 2 is 2.04 bits per heavy atom. The van der Waals surface area contributed by atoms with Gasteiger partial charge in [0.2, 0.25) is 0 Å². The third-order valence-corrected chi connectivity index (χ3v) is 5.10. The first-order valence-electron chi connectivity index (χ1n) is 9.15. The summed E-state index contributed by atoms with van der Waals surface area (Å²) in [5.41, 5.74) is -1.31. The summed E-state index contributed by atoms with van der Waals surface area (Å²) in [6.07, 6.45) is -1.73. The summed E-state index contributed by atoms with van der Waals surface area (Å²) in [5.74, 6) is -2.70. The lowest BCUT2D eigenvalue weighted by Gasteiger charge is -2.37. The number of carbonyl (C=O) groups excluding carboxylic acids is 3. The van der Waals surface area contributed by atoms with Crippen molar-refractivity contribution in [3.63, 3.8) is 0 Å². The molecule has 0 radical (unpaired) electrons. The summed E-state index contributed by atoms with van der Waals surface area (Å²) in [5, 5.41) is 21.5. The Kier molecular flexibility index (Phi) is 6.27. The predicted octanol–water partition coefficient (Wildman–Crippen LogP) is 1.46. The first-order valence-corrected chi connectivity index (χ1v) is 9.15. The molecule has 0 aromatic heterocycles. The number of hydrogen-bond acceptors (Lipinski definition) is 7. The van der Waals surface area contributed by atoms with E-state index in [-0.39, 0.29) is 24.3 Å². The van der Waals surface area contributed by atoms with E-state index in [2.05, 4.69) is 6.58 Å². The van der Waals surface area contributed by atoms with Gasteiger partial charge in [-0.25, -0.2) is 4.79 Å². The number of ether oxygens (including phenoxy) is 2. The predicted molar refractivity (Wildman–Crippen MR) is 96.5 cm³/mol. The van der Waals surface area contributed by atoms with Crippen molar-refractivity contribution in [1.82, 2.24) is 0 Å². The van der Waals surface area contributed by atoms with Gasteiger partial charge < -0.3 is 19.7 Å². The summed E-state index contributed by atoms with van der Waals surface area (Å²) in [6.45, 7) is 10.4. The molecule has 2 rings (SSSR count). The molecule has 0 unspecified atom stereocenters. The van der Waals surface area contributed by atoms with Crippen LogP contribution in [0.5, 0.6) is 0 Å². The van der Waals surface area contributed by atoms with Crippen LogP contribution in [0.4, 0.5) is 0 Å². The highest BCUT2D eigenvalue weighted by molar-refractivity contribution is 5.92. The number of esters is 2. The molecule has 0 bridgehead atoms. The average molecular weight is 380 g/mol. The van der Waals surface area contributed by atoms with Crippen LogP contribution in [0.25, 0.3) is 0 Å². The van der Waals surface area contributed by atoms with Crippen molar-refractivity contribution in [3.8, 4) is 0 Å². The molecule has 0 aromatic carbocycles. The van der Waals surface area contributed by atoms with E-state index in [0.717, 1.165) is 5.57 Å². The van der Waals surface area contributed by atoms with E-state index < -0.39 is 47.6 Å². The minimum atomic E-state index is -2.14. The molecule has 1 heterocycles. The number of aliphatic hydroxyl groups excluding tert-OH is 1. The van der Waals surface area contributed by atoms with E-state index in [1.807, 2.05) is 13.8 Å². The summed E-state index contributed by atoms with van der Waals surface area (Å²) in [7, 11) is 0.